The van der Waals surface area contributed by atoms with Crippen LogP contribution in [0.4, 0.5) is 0 Å². The van der Waals surface area contributed by atoms with Crippen LogP contribution >= 0.6 is 15.9 Å². The van der Waals surface area contributed by atoms with Gasteiger partial charge in [0.2, 0.25) is 0 Å². The van der Waals surface area contributed by atoms with Gasteiger partial charge in [0.25, 0.3) is 0 Å². The molecule has 2 aromatic rings. The van der Waals surface area contributed by atoms with E-state index in [1.54, 1.807) is 0 Å². The van der Waals surface area contributed by atoms with Crippen LogP contribution in [0.5, 0.6) is 0 Å². The van der Waals surface area contributed by atoms with E-state index in [1.165, 1.54) is 18.4 Å². The van der Waals surface area contributed by atoms with Crippen LogP contribution in [0.15, 0.2) is 22.7 Å². The van der Waals surface area contributed by atoms with Crippen molar-refractivity contribution in [1.29, 1.82) is 0 Å². The van der Waals surface area contributed by atoms with E-state index in [-0.39, 0.29) is 0 Å². The first-order valence-electron chi connectivity index (χ1n) is 5.16. The maximum Gasteiger partial charge on any atom is 0.123 e. The molecule has 3 nitrogen and oxygen atoms in total. The van der Waals surface area contributed by atoms with Crippen molar-refractivity contribution in [2.24, 2.45) is 5.73 Å². The van der Waals surface area contributed by atoms with Crippen molar-refractivity contribution < 1.29 is 0 Å². The third-order valence-electron chi connectivity index (χ3n) is 2.84. The molecule has 1 heterocycles. The highest BCUT2D eigenvalue weighted by Gasteiger charge is 2.27. The maximum atomic E-state index is 5.73. The van der Waals surface area contributed by atoms with E-state index in [1.807, 2.05) is 12.1 Å². The molecular formula is C11H12BrN3. The predicted molar refractivity (Wildman–Crippen MR) is 63.6 cm³/mol. The molecule has 15 heavy (non-hydrogen) atoms. The van der Waals surface area contributed by atoms with Crippen molar-refractivity contribution in [3.8, 4) is 0 Å². The van der Waals surface area contributed by atoms with E-state index < -0.39 is 0 Å². The maximum absolute atomic E-state index is 5.73. The number of hydrogen-bond donors (Lipinski definition) is 1. The molecule has 78 valence electrons. The average molecular weight is 266 g/mol. The zero-order valence-electron chi connectivity index (χ0n) is 8.28. The molecule has 0 bridgehead atoms. The summed E-state index contributed by atoms with van der Waals surface area (Å²) in [6, 6.07) is 6.81. The van der Waals surface area contributed by atoms with Crippen LogP contribution in [0.2, 0.25) is 0 Å². The Morgan fingerprint density at radius 1 is 1.47 bits per heavy atom. The van der Waals surface area contributed by atoms with Gasteiger partial charge in [0, 0.05) is 10.5 Å². The van der Waals surface area contributed by atoms with Crippen molar-refractivity contribution in [1.82, 2.24) is 9.55 Å². The number of hydrogen-bond acceptors (Lipinski definition) is 2. The molecule has 1 saturated carbocycles. The lowest BCUT2D eigenvalue weighted by molar-refractivity contribution is 0.701. The minimum atomic E-state index is 0.512. The Morgan fingerprint density at radius 3 is 2.93 bits per heavy atom. The van der Waals surface area contributed by atoms with E-state index >= 15 is 0 Å². The smallest absolute Gasteiger partial charge is 0.123 e. The van der Waals surface area contributed by atoms with Gasteiger partial charge in [0.1, 0.15) is 11.3 Å². The second kappa shape index (κ2) is 3.32. The zero-order valence-corrected chi connectivity index (χ0v) is 9.87. The summed E-state index contributed by atoms with van der Waals surface area (Å²) in [5.74, 6) is 0.999. The van der Waals surface area contributed by atoms with Crippen LogP contribution in [0.3, 0.4) is 0 Å². The van der Waals surface area contributed by atoms with E-state index in [2.05, 4.69) is 31.5 Å². The number of benzene rings is 1. The lowest BCUT2D eigenvalue weighted by Crippen LogP contribution is -2.06. The molecule has 0 atom stereocenters. The standard InChI is InChI=1S/C11H12BrN3/c12-8-2-1-3-9-11(8)14-10(6-13)15(9)7-4-5-7/h1-3,7H,4-6,13H2. The first-order chi connectivity index (χ1) is 7.31. The van der Waals surface area contributed by atoms with Gasteiger partial charge in [0.05, 0.1) is 12.1 Å². The van der Waals surface area contributed by atoms with Gasteiger partial charge in [0.15, 0.2) is 0 Å². The molecule has 4 heteroatoms. The molecule has 1 aromatic carbocycles. The summed E-state index contributed by atoms with van der Waals surface area (Å²) in [6.45, 7) is 0.512. The van der Waals surface area contributed by atoms with Crippen molar-refractivity contribution >= 4 is 27.0 Å². The summed E-state index contributed by atoms with van der Waals surface area (Å²) in [5, 5.41) is 0. The summed E-state index contributed by atoms with van der Waals surface area (Å²) in [5.41, 5.74) is 7.96. The topological polar surface area (TPSA) is 43.8 Å². The second-order valence-corrected chi connectivity index (χ2v) is 4.80. The second-order valence-electron chi connectivity index (χ2n) is 3.94. The fourth-order valence-corrected chi connectivity index (χ4v) is 2.46. The summed E-state index contributed by atoms with van der Waals surface area (Å²) >= 11 is 3.53. The summed E-state index contributed by atoms with van der Waals surface area (Å²) in [6.07, 6.45) is 2.51. The molecular weight excluding hydrogens is 254 g/mol. The Balaban J connectivity index is 2.33. The van der Waals surface area contributed by atoms with Crippen LogP contribution in [-0.4, -0.2) is 9.55 Å². The molecule has 0 amide bonds. The molecule has 3 rings (SSSR count). The molecule has 1 aromatic heterocycles. The fourth-order valence-electron chi connectivity index (χ4n) is 2.02. The van der Waals surface area contributed by atoms with Crippen LogP contribution in [0.1, 0.15) is 24.7 Å². The Bertz CT molecular complexity index is 514. The fraction of sp³-hybridized carbons (Fsp3) is 0.364. The molecule has 0 saturated heterocycles. The van der Waals surface area contributed by atoms with Crippen LogP contribution in [0.25, 0.3) is 11.0 Å². The van der Waals surface area contributed by atoms with Gasteiger partial charge in [-0.25, -0.2) is 4.98 Å². The highest BCUT2D eigenvalue weighted by molar-refractivity contribution is 9.10. The molecule has 1 aliphatic carbocycles. The van der Waals surface area contributed by atoms with E-state index in [0.717, 1.165) is 15.8 Å². The molecule has 0 unspecified atom stereocenters. The predicted octanol–water partition coefficient (Wildman–Crippen LogP) is 2.59. The van der Waals surface area contributed by atoms with Crippen molar-refractivity contribution in [2.75, 3.05) is 0 Å². The Labute approximate surface area is 96.4 Å². The SMILES string of the molecule is NCc1nc2c(Br)cccc2n1C1CC1. The average Bonchev–Trinajstić information content (AvgIpc) is 3.00. The molecule has 1 fully saturated rings. The quantitative estimate of drug-likeness (QED) is 0.907. The van der Waals surface area contributed by atoms with Gasteiger partial charge < -0.3 is 10.3 Å². The molecule has 0 spiro atoms. The number of rotatable bonds is 2. The van der Waals surface area contributed by atoms with Crippen molar-refractivity contribution in [2.45, 2.75) is 25.4 Å². The Hall–Kier alpha value is -0.870. The summed E-state index contributed by atoms with van der Waals surface area (Å²) < 4.78 is 3.34. The third kappa shape index (κ3) is 1.40. The van der Waals surface area contributed by atoms with Crippen molar-refractivity contribution in [3.05, 3.63) is 28.5 Å². The molecule has 1 aliphatic rings. The largest absolute Gasteiger partial charge is 0.324 e. The minimum absolute atomic E-state index is 0.512. The van der Waals surface area contributed by atoms with Gasteiger partial charge in [-0.05, 0) is 40.9 Å². The van der Waals surface area contributed by atoms with Gasteiger partial charge in [-0.15, -0.1) is 0 Å². The third-order valence-corrected chi connectivity index (χ3v) is 3.48. The highest BCUT2D eigenvalue weighted by Crippen LogP contribution is 2.39. The van der Waals surface area contributed by atoms with E-state index in [4.69, 9.17) is 5.73 Å². The van der Waals surface area contributed by atoms with E-state index in [9.17, 15) is 0 Å². The summed E-state index contributed by atoms with van der Waals surface area (Å²) in [7, 11) is 0. The van der Waals surface area contributed by atoms with Crippen LogP contribution in [0, 0.1) is 0 Å². The lowest BCUT2D eigenvalue weighted by atomic mass is 10.3. The molecule has 2 N–H and O–H groups in total. The van der Waals surface area contributed by atoms with E-state index in [0.29, 0.717) is 12.6 Å². The van der Waals surface area contributed by atoms with Gasteiger partial charge in [-0.3, -0.25) is 0 Å². The Morgan fingerprint density at radius 2 is 2.27 bits per heavy atom. The molecule has 0 aliphatic heterocycles. The van der Waals surface area contributed by atoms with Gasteiger partial charge >= 0.3 is 0 Å². The van der Waals surface area contributed by atoms with Gasteiger partial charge in [-0.2, -0.15) is 0 Å². The van der Waals surface area contributed by atoms with Crippen LogP contribution in [-0.2, 0) is 6.54 Å². The lowest BCUT2D eigenvalue weighted by Gasteiger charge is -2.04. The number of para-hydroxylation sites is 1. The Kier molecular flexibility index (Phi) is 2.07. The van der Waals surface area contributed by atoms with Crippen molar-refractivity contribution in [3.63, 3.8) is 0 Å². The number of imidazole rings is 1. The number of nitrogens with two attached hydrogens (primary N) is 1. The number of halogens is 1. The van der Waals surface area contributed by atoms with Crippen LogP contribution < -0.4 is 5.73 Å². The number of nitrogens with zero attached hydrogens (tertiary/aromatic N) is 2. The molecule has 0 radical (unpaired) electrons. The minimum Gasteiger partial charge on any atom is -0.324 e. The normalized spacial score (nSPS) is 16.1. The number of fused-ring (bicyclic) bond motifs is 1. The highest BCUT2D eigenvalue weighted by atomic mass is 79.9. The number of aromatic nitrogens is 2. The zero-order chi connectivity index (χ0) is 10.4. The monoisotopic (exact) mass is 265 g/mol. The van der Waals surface area contributed by atoms with Gasteiger partial charge in [-0.1, -0.05) is 6.07 Å². The first kappa shape index (κ1) is 9.36. The first-order valence-corrected chi connectivity index (χ1v) is 5.96. The summed E-state index contributed by atoms with van der Waals surface area (Å²) in [4.78, 5) is 4.58.